The molecule has 5 heteroatoms. The van der Waals surface area contributed by atoms with E-state index in [4.69, 9.17) is 9.47 Å². The molecule has 430 valence electrons. The summed E-state index contributed by atoms with van der Waals surface area (Å²) in [6.07, 6.45) is 108. The third-order valence-corrected chi connectivity index (χ3v) is 11.8. The van der Waals surface area contributed by atoms with Crippen LogP contribution in [0.5, 0.6) is 0 Å². The predicted molar refractivity (Wildman–Crippen MR) is 342 cm³/mol. The van der Waals surface area contributed by atoms with E-state index in [2.05, 4.69) is 233 Å². The van der Waals surface area contributed by atoms with Crippen LogP contribution in [0.15, 0.2) is 219 Å². The summed E-state index contributed by atoms with van der Waals surface area (Å²) >= 11 is 0. The number of unbranched alkanes of at least 4 members (excludes halogenated alkanes) is 8. The lowest BCUT2D eigenvalue weighted by Gasteiger charge is -2.15. The average Bonchev–Trinajstić information content (AvgIpc) is 3.44. The van der Waals surface area contributed by atoms with Crippen LogP contribution in [0.25, 0.3) is 0 Å². The molecule has 5 nitrogen and oxygen atoms in total. The normalized spacial score (nSPS) is 13.8. The maximum Gasteiger partial charge on any atom is 0.306 e. The fraction of sp³-hybridized carbons (Fsp3) is 0.479. The standard InChI is InChI=1S/C73H108O5/c1-3-5-7-9-11-13-15-17-19-21-23-25-27-29-31-33-34-35-36-37-38-40-42-44-46-48-50-52-54-56-58-60-62-64-66-68-73(76)78-71(69-74)70-77-72(75)67-65-63-61-59-57-55-53-51-49-47-45-43-41-39-32-30-28-26-24-22-20-18-16-14-12-10-8-6-4-2/h5-8,11-14,17-20,23-26,29-32,34-35,37-38,41-44,47-50,53,55,59,61,71,74H,3-4,9-10,15-16,21-22,27-28,33,36,39-40,45-46,51-52,54,56-58,60,62-70H2,1-2H3/b7-5-,8-6-,13-11-,14-12-,19-17-,20-18-,25-23-,26-24-,31-29-,32-30-,35-34-,38-37-,43-41-,44-42-,49-47-,50-48-,55-53-,61-59-. The van der Waals surface area contributed by atoms with Gasteiger partial charge in [-0.3, -0.25) is 9.59 Å². The number of aliphatic hydroxyl groups is 1. The first-order chi connectivity index (χ1) is 38.6. The molecule has 0 heterocycles. The van der Waals surface area contributed by atoms with Crippen molar-refractivity contribution in [2.45, 2.75) is 213 Å². The summed E-state index contributed by atoms with van der Waals surface area (Å²) in [6.45, 7) is 3.83. The van der Waals surface area contributed by atoms with Crippen LogP contribution in [-0.4, -0.2) is 36.4 Å². The van der Waals surface area contributed by atoms with Crippen LogP contribution in [0.4, 0.5) is 0 Å². The predicted octanol–water partition coefficient (Wildman–Crippen LogP) is 21.2. The van der Waals surface area contributed by atoms with E-state index in [1.54, 1.807) is 0 Å². The van der Waals surface area contributed by atoms with E-state index in [1.165, 1.54) is 25.7 Å². The van der Waals surface area contributed by atoms with Crippen LogP contribution >= 0.6 is 0 Å². The molecule has 0 aliphatic heterocycles. The topological polar surface area (TPSA) is 72.8 Å². The fourth-order valence-corrected chi connectivity index (χ4v) is 7.31. The van der Waals surface area contributed by atoms with Gasteiger partial charge in [0.05, 0.1) is 6.61 Å². The molecule has 1 atom stereocenters. The summed E-state index contributed by atoms with van der Waals surface area (Å²) < 4.78 is 10.7. The van der Waals surface area contributed by atoms with Crippen molar-refractivity contribution in [1.82, 2.24) is 0 Å². The summed E-state index contributed by atoms with van der Waals surface area (Å²) in [5.41, 5.74) is 0. The summed E-state index contributed by atoms with van der Waals surface area (Å²) in [5.74, 6) is -0.693. The highest BCUT2D eigenvalue weighted by Gasteiger charge is 2.16. The Morgan fingerprint density at radius 1 is 0.295 bits per heavy atom. The summed E-state index contributed by atoms with van der Waals surface area (Å²) in [5, 5.41) is 9.66. The smallest absolute Gasteiger partial charge is 0.306 e. The highest BCUT2D eigenvalue weighted by Crippen LogP contribution is 2.12. The van der Waals surface area contributed by atoms with Gasteiger partial charge in [0.15, 0.2) is 6.10 Å². The molecule has 0 aromatic rings. The van der Waals surface area contributed by atoms with Gasteiger partial charge in [-0.1, -0.05) is 265 Å². The molecule has 0 saturated carbocycles. The molecule has 0 saturated heterocycles. The zero-order chi connectivity index (χ0) is 56.2. The van der Waals surface area contributed by atoms with Crippen molar-refractivity contribution < 1.29 is 24.2 Å². The number of carbonyl (C=O) groups is 2. The molecular weight excluding hydrogens is 957 g/mol. The lowest BCUT2D eigenvalue weighted by Crippen LogP contribution is -2.28. The van der Waals surface area contributed by atoms with Crippen molar-refractivity contribution >= 4 is 11.9 Å². The summed E-state index contributed by atoms with van der Waals surface area (Å²) in [6, 6.07) is 0. The minimum Gasteiger partial charge on any atom is -0.462 e. The molecule has 0 aromatic carbocycles. The van der Waals surface area contributed by atoms with Crippen LogP contribution in [0.3, 0.4) is 0 Å². The van der Waals surface area contributed by atoms with Gasteiger partial charge in [0, 0.05) is 12.8 Å². The summed E-state index contributed by atoms with van der Waals surface area (Å²) in [4.78, 5) is 24.5. The minimum atomic E-state index is -0.822. The Balaban J connectivity index is 3.73. The molecule has 1 N–H and O–H groups in total. The molecule has 0 bridgehead atoms. The minimum absolute atomic E-state index is 0.117. The van der Waals surface area contributed by atoms with E-state index < -0.39 is 6.10 Å². The van der Waals surface area contributed by atoms with E-state index in [9.17, 15) is 14.7 Å². The van der Waals surface area contributed by atoms with E-state index in [0.717, 1.165) is 148 Å². The number of allylic oxidation sites excluding steroid dienone is 36. The van der Waals surface area contributed by atoms with Crippen LogP contribution in [0.1, 0.15) is 206 Å². The van der Waals surface area contributed by atoms with Crippen LogP contribution in [0.2, 0.25) is 0 Å². The second-order valence-electron chi connectivity index (χ2n) is 19.0. The molecule has 0 amide bonds. The average molecular weight is 1070 g/mol. The third-order valence-electron chi connectivity index (χ3n) is 11.8. The van der Waals surface area contributed by atoms with Gasteiger partial charge in [-0.2, -0.15) is 0 Å². The lowest BCUT2D eigenvalue weighted by atomic mass is 10.1. The monoisotopic (exact) mass is 1060 g/mol. The van der Waals surface area contributed by atoms with Gasteiger partial charge in [-0.15, -0.1) is 0 Å². The number of esters is 2. The molecule has 0 fully saturated rings. The molecule has 0 aliphatic carbocycles. The molecule has 78 heavy (non-hydrogen) atoms. The Labute approximate surface area is 478 Å². The maximum absolute atomic E-state index is 12.3. The van der Waals surface area contributed by atoms with Crippen LogP contribution < -0.4 is 0 Å². The number of rotatable bonds is 52. The molecule has 0 radical (unpaired) electrons. The number of hydrogen-bond donors (Lipinski definition) is 1. The number of ether oxygens (including phenoxy) is 2. The first-order valence-electron chi connectivity index (χ1n) is 30.3. The zero-order valence-corrected chi connectivity index (χ0v) is 49.1. The highest BCUT2D eigenvalue weighted by atomic mass is 16.6. The number of aliphatic hydroxyl groups excluding tert-OH is 1. The Morgan fingerprint density at radius 3 is 0.808 bits per heavy atom. The second kappa shape index (κ2) is 65.5. The van der Waals surface area contributed by atoms with Gasteiger partial charge in [0.25, 0.3) is 0 Å². The number of hydrogen-bond acceptors (Lipinski definition) is 5. The van der Waals surface area contributed by atoms with Crippen molar-refractivity contribution in [3.05, 3.63) is 219 Å². The van der Waals surface area contributed by atoms with Crippen LogP contribution in [-0.2, 0) is 19.1 Å². The van der Waals surface area contributed by atoms with Crippen molar-refractivity contribution in [2.24, 2.45) is 0 Å². The molecular formula is C73H108O5. The van der Waals surface area contributed by atoms with Crippen molar-refractivity contribution in [3.63, 3.8) is 0 Å². The van der Waals surface area contributed by atoms with Gasteiger partial charge in [-0.25, -0.2) is 0 Å². The Hall–Kier alpha value is -5.78. The van der Waals surface area contributed by atoms with Gasteiger partial charge in [-0.05, 0) is 148 Å². The SMILES string of the molecule is CC/C=C\C/C=C\C/C=C\C/C=C\C/C=C\C/C=C\C/C=C\C/C=C\C/C=C\CCCCCCCCCC(=O)OC(CO)COC(=O)CCC/C=C\C/C=C\C/C=C\C/C=C\C/C=C\C/C=C\C/C=C\C/C=C\C/C=C\CC. The Morgan fingerprint density at radius 2 is 0.526 bits per heavy atom. The highest BCUT2D eigenvalue weighted by molar-refractivity contribution is 5.70. The zero-order valence-electron chi connectivity index (χ0n) is 49.1. The quantitative estimate of drug-likeness (QED) is 0.0373. The van der Waals surface area contributed by atoms with Crippen molar-refractivity contribution in [1.29, 1.82) is 0 Å². The van der Waals surface area contributed by atoms with Gasteiger partial charge < -0.3 is 14.6 Å². The third kappa shape index (κ3) is 62.8. The largest absolute Gasteiger partial charge is 0.462 e. The molecule has 0 aliphatic rings. The van der Waals surface area contributed by atoms with E-state index >= 15 is 0 Å². The molecule has 1 unspecified atom stereocenters. The molecule has 0 rings (SSSR count). The summed E-state index contributed by atoms with van der Waals surface area (Å²) in [7, 11) is 0. The van der Waals surface area contributed by atoms with Crippen molar-refractivity contribution in [2.75, 3.05) is 13.2 Å². The lowest BCUT2D eigenvalue weighted by molar-refractivity contribution is -0.161. The maximum atomic E-state index is 12.3. The molecule has 0 aromatic heterocycles. The second-order valence-corrected chi connectivity index (χ2v) is 19.0. The Kier molecular flexibility index (Phi) is 60.6. The van der Waals surface area contributed by atoms with E-state index in [1.807, 2.05) is 0 Å². The molecule has 0 spiro atoms. The van der Waals surface area contributed by atoms with Gasteiger partial charge in [0.1, 0.15) is 6.61 Å². The number of carbonyl (C=O) groups excluding carboxylic acids is 2. The van der Waals surface area contributed by atoms with E-state index in [-0.39, 0.29) is 31.6 Å². The van der Waals surface area contributed by atoms with Crippen LogP contribution in [0, 0.1) is 0 Å². The van der Waals surface area contributed by atoms with Gasteiger partial charge >= 0.3 is 11.9 Å². The Bertz CT molecular complexity index is 1930. The van der Waals surface area contributed by atoms with Gasteiger partial charge in [0.2, 0.25) is 0 Å². The van der Waals surface area contributed by atoms with E-state index in [0.29, 0.717) is 12.8 Å². The first-order valence-corrected chi connectivity index (χ1v) is 30.3. The van der Waals surface area contributed by atoms with Crippen molar-refractivity contribution in [3.8, 4) is 0 Å². The first kappa shape index (κ1) is 72.2. The fourth-order valence-electron chi connectivity index (χ4n) is 7.31.